The van der Waals surface area contributed by atoms with Crippen LogP contribution in [0, 0.1) is 0 Å². The minimum Gasteiger partial charge on any atom is -0.454 e. The van der Waals surface area contributed by atoms with Crippen LogP contribution in [-0.4, -0.2) is 36.0 Å². The molecular weight excluding hydrogens is 270 g/mol. The number of alkyl halides is 2. The zero-order valence-electron chi connectivity index (χ0n) is 10.4. The van der Waals surface area contributed by atoms with E-state index in [0.29, 0.717) is 22.7 Å². The first-order chi connectivity index (χ1) is 9.59. The Morgan fingerprint density at radius 2 is 2.05 bits per heavy atom. The molecule has 1 aliphatic rings. The first-order valence-corrected chi connectivity index (χ1v) is 6.00. The third-order valence-electron chi connectivity index (χ3n) is 3.00. The zero-order chi connectivity index (χ0) is 14.2. The number of aliphatic hydroxyl groups excluding tert-OH is 1. The Morgan fingerprint density at radius 3 is 2.80 bits per heavy atom. The number of hydrogen-bond acceptors (Lipinski definition) is 5. The number of nitrogens with zero attached hydrogens (tertiary/aromatic N) is 1. The van der Waals surface area contributed by atoms with Gasteiger partial charge in [0.2, 0.25) is 6.79 Å². The molecule has 0 amide bonds. The standard InChI is InChI=1S/C13H12F2N2O3/c14-13(15,6-18)5-17-12-9-4-11-10(19-7-20-11)3-8(9)1-2-16-12/h1-4,18H,5-7H2,(H,16,17). The maximum absolute atomic E-state index is 13.1. The molecular formula is C13H12F2N2O3. The van der Waals surface area contributed by atoms with Crippen molar-refractivity contribution in [3.63, 3.8) is 0 Å². The van der Waals surface area contributed by atoms with Crippen molar-refractivity contribution in [2.24, 2.45) is 0 Å². The Morgan fingerprint density at radius 1 is 1.30 bits per heavy atom. The molecule has 0 aliphatic carbocycles. The molecule has 2 N–H and O–H groups in total. The van der Waals surface area contributed by atoms with Crippen molar-refractivity contribution in [3.8, 4) is 11.5 Å². The van der Waals surface area contributed by atoms with Gasteiger partial charge in [-0.05, 0) is 23.6 Å². The van der Waals surface area contributed by atoms with Crippen molar-refractivity contribution in [3.05, 3.63) is 24.4 Å². The van der Waals surface area contributed by atoms with E-state index in [1.807, 2.05) is 0 Å². The van der Waals surface area contributed by atoms with Gasteiger partial charge in [-0.15, -0.1) is 0 Å². The number of fused-ring (bicyclic) bond motifs is 2. The molecule has 0 saturated heterocycles. The van der Waals surface area contributed by atoms with Crippen LogP contribution in [0.15, 0.2) is 24.4 Å². The minimum atomic E-state index is -3.19. The third-order valence-corrected chi connectivity index (χ3v) is 3.00. The predicted octanol–water partition coefficient (Wildman–Crippen LogP) is 2.00. The molecule has 0 radical (unpaired) electrons. The number of rotatable bonds is 4. The topological polar surface area (TPSA) is 63.6 Å². The number of benzene rings is 1. The highest BCUT2D eigenvalue weighted by Gasteiger charge is 2.27. The summed E-state index contributed by atoms with van der Waals surface area (Å²) in [5.74, 6) is -1.70. The van der Waals surface area contributed by atoms with Gasteiger partial charge in [-0.2, -0.15) is 0 Å². The summed E-state index contributed by atoms with van der Waals surface area (Å²) >= 11 is 0. The summed E-state index contributed by atoms with van der Waals surface area (Å²) in [4.78, 5) is 4.05. The van der Waals surface area contributed by atoms with Crippen molar-refractivity contribution < 1.29 is 23.4 Å². The summed E-state index contributed by atoms with van der Waals surface area (Å²) in [7, 11) is 0. The van der Waals surface area contributed by atoms with E-state index in [1.165, 1.54) is 6.20 Å². The number of aliphatic hydroxyl groups is 1. The molecule has 0 atom stereocenters. The molecule has 1 aromatic carbocycles. The van der Waals surface area contributed by atoms with E-state index in [4.69, 9.17) is 14.6 Å². The summed E-state index contributed by atoms with van der Waals surface area (Å²) < 4.78 is 36.7. The van der Waals surface area contributed by atoms with Gasteiger partial charge in [0.25, 0.3) is 5.92 Å². The SMILES string of the molecule is OCC(F)(F)CNc1nccc2cc3c(cc12)OCO3. The molecule has 0 unspecified atom stereocenters. The van der Waals surface area contributed by atoms with Gasteiger partial charge in [0, 0.05) is 11.6 Å². The smallest absolute Gasteiger partial charge is 0.287 e. The summed E-state index contributed by atoms with van der Waals surface area (Å²) in [5, 5.41) is 12.6. The van der Waals surface area contributed by atoms with E-state index < -0.39 is 19.1 Å². The van der Waals surface area contributed by atoms with Crippen LogP contribution in [0.2, 0.25) is 0 Å². The molecule has 0 spiro atoms. The van der Waals surface area contributed by atoms with Gasteiger partial charge in [-0.1, -0.05) is 0 Å². The van der Waals surface area contributed by atoms with Crippen LogP contribution in [-0.2, 0) is 0 Å². The fourth-order valence-electron chi connectivity index (χ4n) is 1.97. The van der Waals surface area contributed by atoms with Crippen molar-refractivity contribution in [1.29, 1.82) is 0 Å². The van der Waals surface area contributed by atoms with Crippen LogP contribution in [0.5, 0.6) is 11.5 Å². The highest BCUT2D eigenvalue weighted by molar-refractivity contribution is 5.94. The molecule has 7 heteroatoms. The Labute approximate surface area is 113 Å². The highest BCUT2D eigenvalue weighted by atomic mass is 19.3. The highest BCUT2D eigenvalue weighted by Crippen LogP contribution is 2.37. The van der Waals surface area contributed by atoms with Gasteiger partial charge < -0.3 is 19.9 Å². The molecule has 1 aliphatic heterocycles. The first kappa shape index (κ1) is 12.9. The van der Waals surface area contributed by atoms with Gasteiger partial charge in [-0.3, -0.25) is 0 Å². The number of halogens is 2. The van der Waals surface area contributed by atoms with E-state index >= 15 is 0 Å². The molecule has 0 bridgehead atoms. The second-order valence-electron chi connectivity index (χ2n) is 4.45. The van der Waals surface area contributed by atoms with Crippen molar-refractivity contribution in [2.45, 2.75) is 5.92 Å². The lowest BCUT2D eigenvalue weighted by atomic mass is 10.1. The van der Waals surface area contributed by atoms with Crippen LogP contribution >= 0.6 is 0 Å². The average Bonchev–Trinajstić information content (AvgIpc) is 2.90. The van der Waals surface area contributed by atoms with Gasteiger partial charge in [0.1, 0.15) is 12.4 Å². The van der Waals surface area contributed by atoms with Crippen LogP contribution in [0.3, 0.4) is 0 Å². The van der Waals surface area contributed by atoms with Crippen LogP contribution in [0.4, 0.5) is 14.6 Å². The summed E-state index contributed by atoms with van der Waals surface area (Å²) in [6, 6.07) is 5.23. The predicted molar refractivity (Wildman–Crippen MR) is 68.4 cm³/mol. The molecule has 0 fully saturated rings. The van der Waals surface area contributed by atoms with Crippen molar-refractivity contribution in [2.75, 3.05) is 25.3 Å². The number of anilines is 1. The van der Waals surface area contributed by atoms with Gasteiger partial charge in [0.05, 0.1) is 6.54 Å². The fourth-order valence-corrected chi connectivity index (χ4v) is 1.97. The van der Waals surface area contributed by atoms with Gasteiger partial charge >= 0.3 is 0 Å². The summed E-state index contributed by atoms with van der Waals surface area (Å²) in [6.45, 7) is -1.76. The number of pyridine rings is 1. The molecule has 0 saturated carbocycles. The first-order valence-electron chi connectivity index (χ1n) is 6.00. The molecule has 1 aromatic heterocycles. The largest absolute Gasteiger partial charge is 0.454 e. The summed E-state index contributed by atoms with van der Waals surface area (Å²) in [6.07, 6.45) is 1.52. The van der Waals surface area contributed by atoms with E-state index in [-0.39, 0.29) is 6.79 Å². The molecule has 3 rings (SSSR count). The lowest BCUT2D eigenvalue weighted by Crippen LogP contribution is -2.31. The van der Waals surface area contributed by atoms with Gasteiger partial charge in [0.15, 0.2) is 11.5 Å². The maximum atomic E-state index is 13.1. The lowest BCUT2D eigenvalue weighted by molar-refractivity contribution is -0.0373. The van der Waals surface area contributed by atoms with E-state index in [1.54, 1.807) is 18.2 Å². The second-order valence-corrected chi connectivity index (χ2v) is 4.45. The maximum Gasteiger partial charge on any atom is 0.287 e. The van der Waals surface area contributed by atoms with E-state index in [9.17, 15) is 8.78 Å². The van der Waals surface area contributed by atoms with Crippen molar-refractivity contribution >= 4 is 16.6 Å². The molecule has 2 heterocycles. The molecule has 2 aromatic rings. The van der Waals surface area contributed by atoms with E-state index in [0.717, 1.165) is 5.39 Å². The van der Waals surface area contributed by atoms with Crippen LogP contribution in [0.1, 0.15) is 0 Å². The lowest BCUT2D eigenvalue weighted by Gasteiger charge is -2.15. The Kier molecular flexibility index (Phi) is 3.06. The Hall–Kier alpha value is -2.15. The second kappa shape index (κ2) is 4.75. The molecule has 20 heavy (non-hydrogen) atoms. The number of aromatic nitrogens is 1. The number of hydrogen-bond donors (Lipinski definition) is 2. The fraction of sp³-hybridized carbons (Fsp3) is 0.308. The molecule has 5 nitrogen and oxygen atoms in total. The zero-order valence-corrected chi connectivity index (χ0v) is 10.4. The number of ether oxygens (including phenoxy) is 2. The normalized spacial score (nSPS) is 13.8. The Bertz CT molecular complexity index is 649. The minimum absolute atomic E-state index is 0.143. The van der Waals surface area contributed by atoms with Crippen LogP contribution in [0.25, 0.3) is 10.8 Å². The third kappa shape index (κ3) is 2.32. The van der Waals surface area contributed by atoms with Crippen LogP contribution < -0.4 is 14.8 Å². The monoisotopic (exact) mass is 282 g/mol. The quantitative estimate of drug-likeness (QED) is 0.898. The van der Waals surface area contributed by atoms with Gasteiger partial charge in [-0.25, -0.2) is 13.8 Å². The Balaban J connectivity index is 1.95. The average molecular weight is 282 g/mol. The van der Waals surface area contributed by atoms with E-state index in [2.05, 4.69) is 10.3 Å². The van der Waals surface area contributed by atoms with Crippen molar-refractivity contribution in [1.82, 2.24) is 4.98 Å². The number of nitrogens with one attached hydrogen (secondary N) is 1. The summed E-state index contributed by atoms with van der Waals surface area (Å²) in [5.41, 5.74) is 0. The molecule has 106 valence electrons.